The van der Waals surface area contributed by atoms with Crippen molar-refractivity contribution in [2.75, 3.05) is 26.3 Å². The highest BCUT2D eigenvalue weighted by atomic mass is 32.2. The number of hydrogen-bond acceptors (Lipinski definition) is 4. The molecule has 1 saturated heterocycles. The molecule has 20 heavy (non-hydrogen) atoms. The maximum Gasteiger partial charge on any atom is 0.307 e. The van der Waals surface area contributed by atoms with Crippen molar-refractivity contribution in [3.05, 3.63) is 29.8 Å². The highest BCUT2D eigenvalue weighted by Gasteiger charge is 2.30. The van der Waals surface area contributed by atoms with Gasteiger partial charge < -0.3 is 5.11 Å². The standard InChI is InChI=1S/C13H18N2O4S/c1-2-14-7-8-15(10-14)20(18,19)12-5-3-11(4-6-12)9-13(16)17/h3-6H,2,7-10H2,1H3,(H,16,17). The minimum absolute atomic E-state index is 0.104. The molecule has 0 unspecified atom stereocenters. The van der Waals surface area contributed by atoms with Crippen molar-refractivity contribution < 1.29 is 18.3 Å². The lowest BCUT2D eigenvalue weighted by Gasteiger charge is -2.17. The van der Waals surface area contributed by atoms with Crippen LogP contribution in [0, 0.1) is 0 Å². The maximum absolute atomic E-state index is 12.4. The molecule has 0 aromatic heterocycles. The topological polar surface area (TPSA) is 77.9 Å². The van der Waals surface area contributed by atoms with Gasteiger partial charge in [-0.3, -0.25) is 9.69 Å². The van der Waals surface area contributed by atoms with Gasteiger partial charge in [0.15, 0.2) is 0 Å². The number of likely N-dealkylation sites (N-methyl/N-ethyl adjacent to an activating group) is 1. The van der Waals surface area contributed by atoms with E-state index in [1.165, 1.54) is 16.4 Å². The predicted octanol–water partition coefficient (Wildman–Crippen LogP) is 0.597. The van der Waals surface area contributed by atoms with E-state index in [1.807, 2.05) is 6.92 Å². The molecule has 7 heteroatoms. The molecule has 1 heterocycles. The Balaban J connectivity index is 2.16. The van der Waals surface area contributed by atoms with Crippen LogP contribution in [0.3, 0.4) is 0 Å². The summed E-state index contributed by atoms with van der Waals surface area (Å²) in [6.45, 7) is 4.47. The molecular formula is C13H18N2O4S. The van der Waals surface area contributed by atoms with E-state index < -0.39 is 16.0 Å². The normalized spacial score (nSPS) is 17.4. The van der Waals surface area contributed by atoms with Crippen molar-refractivity contribution in [1.29, 1.82) is 0 Å². The quantitative estimate of drug-likeness (QED) is 0.861. The van der Waals surface area contributed by atoms with Crippen LogP contribution in [-0.4, -0.2) is 55.0 Å². The van der Waals surface area contributed by atoms with E-state index in [2.05, 4.69) is 4.90 Å². The van der Waals surface area contributed by atoms with Crippen molar-refractivity contribution >= 4 is 16.0 Å². The first kappa shape index (κ1) is 15.0. The zero-order valence-corrected chi connectivity index (χ0v) is 12.1. The van der Waals surface area contributed by atoms with Crippen molar-refractivity contribution in [2.24, 2.45) is 0 Å². The van der Waals surface area contributed by atoms with Crippen molar-refractivity contribution in [2.45, 2.75) is 18.2 Å². The van der Waals surface area contributed by atoms with Gasteiger partial charge in [0.1, 0.15) is 0 Å². The number of carboxylic acids is 1. The number of carboxylic acid groups (broad SMARTS) is 1. The van der Waals surface area contributed by atoms with E-state index in [-0.39, 0.29) is 11.3 Å². The largest absolute Gasteiger partial charge is 0.481 e. The molecule has 1 N–H and O–H groups in total. The Morgan fingerprint density at radius 2 is 1.90 bits per heavy atom. The first-order valence-electron chi connectivity index (χ1n) is 6.46. The zero-order valence-electron chi connectivity index (χ0n) is 11.3. The third-order valence-electron chi connectivity index (χ3n) is 3.39. The molecule has 0 saturated carbocycles. The molecule has 2 rings (SSSR count). The number of rotatable bonds is 5. The van der Waals surface area contributed by atoms with Crippen LogP contribution in [0.5, 0.6) is 0 Å². The van der Waals surface area contributed by atoms with E-state index in [9.17, 15) is 13.2 Å². The average Bonchev–Trinajstić information content (AvgIpc) is 2.88. The second-order valence-corrected chi connectivity index (χ2v) is 6.68. The summed E-state index contributed by atoms with van der Waals surface area (Å²) in [7, 11) is -3.48. The Morgan fingerprint density at radius 1 is 1.25 bits per heavy atom. The van der Waals surface area contributed by atoms with Crippen LogP contribution in [-0.2, 0) is 21.2 Å². The molecule has 1 aromatic carbocycles. The van der Waals surface area contributed by atoms with Crippen LogP contribution < -0.4 is 0 Å². The molecule has 110 valence electrons. The summed E-state index contributed by atoms with van der Waals surface area (Å²) < 4.78 is 26.3. The van der Waals surface area contributed by atoms with Crippen LogP contribution >= 0.6 is 0 Å². The summed E-state index contributed by atoms with van der Waals surface area (Å²) in [5, 5.41) is 8.69. The highest BCUT2D eigenvalue weighted by molar-refractivity contribution is 7.89. The summed E-state index contributed by atoms with van der Waals surface area (Å²) in [4.78, 5) is 12.9. The number of hydrogen-bond donors (Lipinski definition) is 1. The molecule has 0 spiro atoms. The highest BCUT2D eigenvalue weighted by Crippen LogP contribution is 2.19. The first-order valence-corrected chi connectivity index (χ1v) is 7.90. The summed E-state index contributed by atoms with van der Waals surface area (Å²) in [6.07, 6.45) is -0.104. The van der Waals surface area contributed by atoms with Crippen molar-refractivity contribution in [3.8, 4) is 0 Å². The fourth-order valence-electron chi connectivity index (χ4n) is 2.17. The first-order chi connectivity index (χ1) is 9.43. The summed E-state index contributed by atoms with van der Waals surface area (Å²) >= 11 is 0. The number of benzene rings is 1. The lowest BCUT2D eigenvalue weighted by Crippen LogP contribution is -2.31. The van der Waals surface area contributed by atoms with Gasteiger partial charge in [-0.15, -0.1) is 0 Å². The maximum atomic E-state index is 12.4. The van der Waals surface area contributed by atoms with Crippen molar-refractivity contribution in [1.82, 2.24) is 9.21 Å². The molecule has 1 aliphatic rings. The Kier molecular flexibility index (Phi) is 4.42. The summed E-state index contributed by atoms with van der Waals surface area (Å²) in [6, 6.07) is 6.05. The molecule has 0 aliphatic carbocycles. The Morgan fingerprint density at radius 3 is 2.40 bits per heavy atom. The second kappa shape index (κ2) is 5.90. The monoisotopic (exact) mass is 298 g/mol. The van der Waals surface area contributed by atoms with E-state index in [0.29, 0.717) is 18.8 Å². The fraction of sp³-hybridized carbons (Fsp3) is 0.462. The molecule has 1 aromatic rings. The van der Waals surface area contributed by atoms with E-state index >= 15 is 0 Å². The third kappa shape index (κ3) is 3.17. The van der Waals surface area contributed by atoms with Crippen LogP contribution in [0.1, 0.15) is 12.5 Å². The smallest absolute Gasteiger partial charge is 0.307 e. The van der Waals surface area contributed by atoms with E-state index in [0.717, 1.165) is 13.1 Å². The molecule has 0 radical (unpaired) electrons. The van der Waals surface area contributed by atoms with Gasteiger partial charge in [0.25, 0.3) is 0 Å². The number of carbonyl (C=O) groups is 1. The van der Waals surface area contributed by atoms with Crippen LogP contribution in [0.15, 0.2) is 29.2 Å². The number of aliphatic carboxylic acids is 1. The SMILES string of the molecule is CCN1CCN(S(=O)(=O)c2ccc(CC(=O)O)cc2)C1. The van der Waals surface area contributed by atoms with Crippen molar-refractivity contribution in [3.63, 3.8) is 0 Å². The lowest BCUT2D eigenvalue weighted by atomic mass is 10.2. The summed E-state index contributed by atoms with van der Waals surface area (Å²) in [5.41, 5.74) is 0.591. The molecule has 0 atom stereocenters. The predicted molar refractivity (Wildman–Crippen MR) is 73.8 cm³/mol. The van der Waals surface area contributed by atoms with Gasteiger partial charge in [0.05, 0.1) is 18.0 Å². The Bertz CT molecular complexity index is 583. The molecule has 0 amide bonds. The molecule has 0 bridgehead atoms. The number of nitrogens with zero attached hydrogens (tertiary/aromatic N) is 2. The Labute approximate surface area is 118 Å². The molecular weight excluding hydrogens is 280 g/mol. The summed E-state index contributed by atoms with van der Waals surface area (Å²) in [5.74, 6) is -0.932. The van der Waals surface area contributed by atoms with Crippen LogP contribution in [0.25, 0.3) is 0 Å². The minimum atomic E-state index is -3.48. The van der Waals surface area contributed by atoms with Gasteiger partial charge in [0.2, 0.25) is 10.0 Å². The van der Waals surface area contributed by atoms with Gasteiger partial charge in [-0.1, -0.05) is 19.1 Å². The van der Waals surface area contributed by atoms with Gasteiger partial charge in [-0.05, 0) is 24.2 Å². The van der Waals surface area contributed by atoms with E-state index in [1.54, 1.807) is 12.1 Å². The number of sulfonamides is 1. The van der Waals surface area contributed by atoms with Gasteiger partial charge in [0, 0.05) is 13.1 Å². The molecule has 1 aliphatic heterocycles. The van der Waals surface area contributed by atoms with E-state index in [4.69, 9.17) is 5.11 Å². The third-order valence-corrected chi connectivity index (χ3v) is 5.23. The van der Waals surface area contributed by atoms with Crippen LogP contribution in [0.2, 0.25) is 0 Å². The minimum Gasteiger partial charge on any atom is -0.481 e. The molecule has 6 nitrogen and oxygen atoms in total. The molecule has 1 fully saturated rings. The second-order valence-electron chi connectivity index (χ2n) is 4.75. The van der Waals surface area contributed by atoms with Gasteiger partial charge in [-0.2, -0.15) is 4.31 Å². The van der Waals surface area contributed by atoms with Crippen LogP contribution in [0.4, 0.5) is 0 Å². The average molecular weight is 298 g/mol. The lowest BCUT2D eigenvalue weighted by molar-refractivity contribution is -0.136. The van der Waals surface area contributed by atoms with Gasteiger partial charge >= 0.3 is 5.97 Å². The van der Waals surface area contributed by atoms with Gasteiger partial charge in [-0.25, -0.2) is 8.42 Å². The zero-order chi connectivity index (χ0) is 14.8. The fourth-order valence-corrected chi connectivity index (χ4v) is 3.59. The Hall–Kier alpha value is -1.44.